The molecule has 4 rings (SSSR count). The van der Waals surface area contributed by atoms with Gasteiger partial charge in [0, 0.05) is 24.1 Å². The lowest BCUT2D eigenvalue weighted by atomic mass is 10.1. The number of nitrogens with one attached hydrogen (secondary N) is 1. The predicted octanol–water partition coefficient (Wildman–Crippen LogP) is 5.12. The summed E-state index contributed by atoms with van der Waals surface area (Å²) in [5, 5.41) is 2.90. The predicted molar refractivity (Wildman–Crippen MR) is 131 cm³/mol. The van der Waals surface area contributed by atoms with Crippen LogP contribution < -0.4 is 5.32 Å². The summed E-state index contributed by atoms with van der Waals surface area (Å²) in [6.07, 6.45) is 0.520. The van der Waals surface area contributed by atoms with Gasteiger partial charge in [0.1, 0.15) is 11.5 Å². The summed E-state index contributed by atoms with van der Waals surface area (Å²) in [6, 6.07) is 23.4. The fraction of sp³-hybridized carbons (Fsp3) is 0.185. The summed E-state index contributed by atoms with van der Waals surface area (Å²) in [5.74, 6) is 0.461. The first-order chi connectivity index (χ1) is 16.4. The fourth-order valence-corrected chi connectivity index (χ4v) is 4.85. The van der Waals surface area contributed by atoms with Crippen molar-refractivity contribution in [3.05, 3.63) is 107 Å². The first-order valence-electron chi connectivity index (χ1n) is 11.1. The number of hydrogen-bond donors (Lipinski definition) is 1. The average molecular weight is 475 g/mol. The highest BCUT2D eigenvalue weighted by molar-refractivity contribution is 7.90. The van der Waals surface area contributed by atoms with E-state index in [2.05, 4.69) is 10.3 Å². The number of rotatable bonds is 8. The summed E-state index contributed by atoms with van der Waals surface area (Å²) < 4.78 is 31.6. The van der Waals surface area contributed by atoms with Crippen molar-refractivity contribution in [3.8, 4) is 11.5 Å². The van der Waals surface area contributed by atoms with Gasteiger partial charge in [-0.05, 0) is 48.9 Å². The molecule has 34 heavy (non-hydrogen) atoms. The Morgan fingerprint density at radius 1 is 0.941 bits per heavy atom. The summed E-state index contributed by atoms with van der Waals surface area (Å²) in [7, 11) is -3.55. The Morgan fingerprint density at radius 3 is 2.26 bits per heavy atom. The lowest BCUT2D eigenvalue weighted by Gasteiger charge is -2.06. The maximum atomic E-state index is 12.9. The molecule has 0 bridgehead atoms. The van der Waals surface area contributed by atoms with Crippen LogP contribution in [0.25, 0.3) is 11.5 Å². The number of aryl methyl sites for hydroxylation is 2. The number of aromatic nitrogens is 1. The number of hydrogen-bond acceptors (Lipinski definition) is 5. The lowest BCUT2D eigenvalue weighted by Crippen LogP contribution is -2.22. The van der Waals surface area contributed by atoms with E-state index in [1.54, 1.807) is 48.5 Å². The molecule has 0 aliphatic heterocycles. The van der Waals surface area contributed by atoms with Crippen LogP contribution in [0.15, 0.2) is 88.2 Å². The highest BCUT2D eigenvalue weighted by Gasteiger charge is 2.22. The number of sulfone groups is 1. The molecule has 1 N–H and O–H groups in total. The van der Waals surface area contributed by atoms with E-state index in [0.29, 0.717) is 41.4 Å². The Balaban J connectivity index is 1.49. The summed E-state index contributed by atoms with van der Waals surface area (Å²) in [4.78, 5) is 17.2. The zero-order valence-electron chi connectivity index (χ0n) is 19.1. The van der Waals surface area contributed by atoms with Gasteiger partial charge in [0.05, 0.1) is 10.6 Å². The van der Waals surface area contributed by atoms with Gasteiger partial charge in [0.25, 0.3) is 5.91 Å². The van der Waals surface area contributed by atoms with Gasteiger partial charge in [-0.2, -0.15) is 0 Å². The minimum absolute atomic E-state index is 0.179. The highest BCUT2D eigenvalue weighted by Crippen LogP contribution is 2.26. The number of carbonyl (C=O) groups is 1. The number of carbonyl (C=O) groups excluding carboxylic acids is 1. The van der Waals surface area contributed by atoms with Crippen molar-refractivity contribution < 1.29 is 17.6 Å². The second-order valence-corrected chi connectivity index (χ2v) is 10.0. The molecule has 7 heteroatoms. The van der Waals surface area contributed by atoms with Crippen LogP contribution in [0, 0.1) is 6.92 Å². The van der Waals surface area contributed by atoms with Crippen molar-refractivity contribution in [1.29, 1.82) is 0 Å². The van der Waals surface area contributed by atoms with E-state index >= 15 is 0 Å². The van der Waals surface area contributed by atoms with Gasteiger partial charge >= 0.3 is 0 Å². The smallest absolute Gasteiger partial charge is 0.251 e. The largest absolute Gasteiger partial charge is 0.441 e. The Bertz CT molecular complexity index is 1380. The highest BCUT2D eigenvalue weighted by atomic mass is 32.2. The minimum Gasteiger partial charge on any atom is -0.441 e. The van der Waals surface area contributed by atoms with Crippen LogP contribution in [0.3, 0.4) is 0 Å². The molecule has 1 aromatic heterocycles. The SMILES string of the molecule is CCc1oc(-c2ccc(C(=O)NCc3ccccc3)cc2)nc1CS(=O)(=O)c1ccc(C)cc1. The zero-order chi connectivity index (χ0) is 24.1. The second-order valence-electron chi connectivity index (χ2n) is 8.06. The van der Waals surface area contributed by atoms with E-state index in [1.165, 1.54) is 0 Å². The van der Waals surface area contributed by atoms with E-state index in [9.17, 15) is 13.2 Å². The van der Waals surface area contributed by atoms with Crippen LogP contribution in [-0.2, 0) is 28.6 Å². The molecule has 4 aromatic rings. The van der Waals surface area contributed by atoms with Gasteiger partial charge in [-0.3, -0.25) is 4.79 Å². The van der Waals surface area contributed by atoms with Crippen molar-refractivity contribution >= 4 is 15.7 Å². The molecule has 0 radical (unpaired) electrons. The molecule has 0 unspecified atom stereocenters. The van der Waals surface area contributed by atoms with Crippen molar-refractivity contribution in [3.63, 3.8) is 0 Å². The molecule has 1 heterocycles. The van der Waals surface area contributed by atoms with Gasteiger partial charge < -0.3 is 9.73 Å². The Hall–Kier alpha value is -3.71. The third-order valence-electron chi connectivity index (χ3n) is 5.50. The third kappa shape index (κ3) is 5.43. The molecular weight excluding hydrogens is 448 g/mol. The summed E-state index contributed by atoms with van der Waals surface area (Å²) in [5.41, 5.74) is 3.61. The normalized spacial score (nSPS) is 11.4. The van der Waals surface area contributed by atoms with Crippen LogP contribution in [0.5, 0.6) is 0 Å². The van der Waals surface area contributed by atoms with E-state index in [1.807, 2.05) is 44.2 Å². The first-order valence-corrected chi connectivity index (χ1v) is 12.7. The molecular formula is C27H26N2O4S. The van der Waals surface area contributed by atoms with Gasteiger partial charge in [-0.15, -0.1) is 0 Å². The number of benzene rings is 3. The molecule has 0 spiro atoms. The standard InChI is InChI=1S/C27H26N2O4S/c1-3-25-24(18-34(31,32)23-15-9-19(2)10-16-23)29-27(33-25)22-13-11-21(12-14-22)26(30)28-17-20-7-5-4-6-8-20/h4-16H,3,17-18H2,1-2H3,(H,28,30). The van der Waals surface area contributed by atoms with E-state index in [0.717, 1.165) is 11.1 Å². The molecule has 0 aliphatic rings. The maximum absolute atomic E-state index is 12.9. The van der Waals surface area contributed by atoms with Gasteiger partial charge in [0.2, 0.25) is 5.89 Å². The molecule has 0 aliphatic carbocycles. The molecule has 0 atom stereocenters. The molecule has 3 aromatic carbocycles. The van der Waals surface area contributed by atoms with E-state index in [4.69, 9.17) is 4.42 Å². The maximum Gasteiger partial charge on any atom is 0.251 e. The second kappa shape index (κ2) is 10.1. The average Bonchev–Trinajstić information content (AvgIpc) is 3.25. The van der Waals surface area contributed by atoms with Crippen LogP contribution in [0.4, 0.5) is 0 Å². The quantitative estimate of drug-likeness (QED) is 0.383. The van der Waals surface area contributed by atoms with Crippen molar-refractivity contribution in [2.45, 2.75) is 37.5 Å². The number of oxazole rings is 1. The topological polar surface area (TPSA) is 89.3 Å². The molecule has 6 nitrogen and oxygen atoms in total. The van der Waals surface area contributed by atoms with Crippen molar-refractivity contribution in [1.82, 2.24) is 10.3 Å². The third-order valence-corrected chi connectivity index (χ3v) is 7.14. The van der Waals surface area contributed by atoms with Crippen LogP contribution in [0.2, 0.25) is 0 Å². The van der Waals surface area contributed by atoms with Gasteiger partial charge in [0.15, 0.2) is 9.84 Å². The molecule has 0 fully saturated rings. The van der Waals surface area contributed by atoms with Crippen LogP contribution >= 0.6 is 0 Å². The number of amides is 1. The van der Waals surface area contributed by atoms with Crippen molar-refractivity contribution in [2.24, 2.45) is 0 Å². The fourth-order valence-electron chi connectivity index (χ4n) is 3.55. The van der Waals surface area contributed by atoms with Gasteiger partial charge in [-0.1, -0.05) is 55.0 Å². The van der Waals surface area contributed by atoms with Crippen LogP contribution in [0.1, 0.15) is 39.9 Å². The zero-order valence-corrected chi connectivity index (χ0v) is 19.9. The number of nitrogens with zero attached hydrogens (tertiary/aromatic N) is 1. The Morgan fingerprint density at radius 2 is 1.62 bits per heavy atom. The molecule has 174 valence electrons. The molecule has 1 amide bonds. The Kier molecular flexibility index (Phi) is 6.93. The van der Waals surface area contributed by atoms with E-state index in [-0.39, 0.29) is 16.6 Å². The summed E-state index contributed by atoms with van der Waals surface area (Å²) >= 11 is 0. The van der Waals surface area contributed by atoms with Crippen molar-refractivity contribution in [2.75, 3.05) is 0 Å². The summed E-state index contributed by atoms with van der Waals surface area (Å²) in [6.45, 7) is 4.25. The Labute approximate surface area is 199 Å². The first kappa shape index (κ1) is 23.4. The monoisotopic (exact) mass is 474 g/mol. The van der Waals surface area contributed by atoms with E-state index < -0.39 is 9.84 Å². The van der Waals surface area contributed by atoms with Gasteiger partial charge in [-0.25, -0.2) is 13.4 Å². The minimum atomic E-state index is -3.55. The van der Waals surface area contributed by atoms with Crippen LogP contribution in [-0.4, -0.2) is 19.3 Å². The molecule has 0 saturated carbocycles. The lowest BCUT2D eigenvalue weighted by molar-refractivity contribution is 0.0951. The molecule has 0 saturated heterocycles.